The van der Waals surface area contributed by atoms with Gasteiger partial charge in [-0.1, -0.05) is 39.0 Å². The van der Waals surface area contributed by atoms with Gasteiger partial charge in [0.05, 0.1) is 5.92 Å². The van der Waals surface area contributed by atoms with Gasteiger partial charge in [-0.2, -0.15) is 0 Å². The summed E-state index contributed by atoms with van der Waals surface area (Å²) in [6, 6.07) is 0.397. The average molecular weight is 280 g/mol. The van der Waals surface area contributed by atoms with Crippen molar-refractivity contribution in [2.24, 2.45) is 5.92 Å². The zero-order valence-electron chi connectivity index (χ0n) is 12.7. The quantitative estimate of drug-likeness (QED) is 0.760. The molecule has 1 N–H and O–H groups in total. The van der Waals surface area contributed by atoms with E-state index in [0.29, 0.717) is 19.0 Å². The van der Waals surface area contributed by atoms with Gasteiger partial charge in [-0.25, -0.2) is 0 Å². The van der Waals surface area contributed by atoms with E-state index in [9.17, 15) is 9.59 Å². The lowest BCUT2D eigenvalue weighted by Gasteiger charge is -2.31. The smallest absolute Gasteiger partial charge is 0.225 e. The average Bonchev–Trinajstić information content (AvgIpc) is 2.86. The largest absolute Gasteiger partial charge is 0.356 e. The van der Waals surface area contributed by atoms with E-state index in [1.54, 1.807) is 0 Å². The van der Waals surface area contributed by atoms with Gasteiger partial charge < -0.3 is 10.2 Å². The molecule has 0 aromatic rings. The molecule has 2 amide bonds. The molecule has 1 atom stereocenters. The second-order valence-electron chi connectivity index (χ2n) is 6.24. The Labute approximate surface area is 122 Å². The van der Waals surface area contributed by atoms with Crippen LogP contribution in [-0.4, -0.2) is 35.8 Å². The second-order valence-corrected chi connectivity index (χ2v) is 6.24. The summed E-state index contributed by atoms with van der Waals surface area (Å²) in [6.45, 7) is 3.55. The minimum absolute atomic E-state index is 0.0766. The van der Waals surface area contributed by atoms with Gasteiger partial charge in [0, 0.05) is 25.6 Å². The van der Waals surface area contributed by atoms with Crippen molar-refractivity contribution in [1.82, 2.24) is 10.2 Å². The van der Waals surface area contributed by atoms with Crippen LogP contribution in [0.15, 0.2) is 0 Å². The molecule has 1 saturated heterocycles. The summed E-state index contributed by atoms with van der Waals surface area (Å²) < 4.78 is 0. The molecule has 2 rings (SSSR count). The number of carbonyl (C=O) groups is 2. The molecule has 2 fully saturated rings. The highest BCUT2D eigenvalue weighted by Crippen LogP contribution is 2.28. The van der Waals surface area contributed by atoms with E-state index < -0.39 is 0 Å². The number of amides is 2. The van der Waals surface area contributed by atoms with Crippen LogP contribution in [0.25, 0.3) is 0 Å². The Balaban J connectivity index is 1.77. The lowest BCUT2D eigenvalue weighted by Crippen LogP contribution is -2.39. The number of rotatable bonds is 6. The third-order valence-corrected chi connectivity index (χ3v) is 4.62. The number of hydrogen-bond donors (Lipinski definition) is 1. The molecular formula is C16H28N2O2. The molecule has 1 unspecified atom stereocenters. The van der Waals surface area contributed by atoms with Crippen molar-refractivity contribution in [3.05, 3.63) is 0 Å². The van der Waals surface area contributed by atoms with Crippen molar-refractivity contribution in [3.8, 4) is 0 Å². The van der Waals surface area contributed by atoms with Crippen LogP contribution in [0.4, 0.5) is 0 Å². The summed E-state index contributed by atoms with van der Waals surface area (Å²) in [6.07, 6.45) is 9.74. The number of nitrogens with one attached hydrogen (secondary N) is 1. The lowest BCUT2D eigenvalue weighted by molar-refractivity contribution is -0.130. The maximum absolute atomic E-state index is 12.1. The van der Waals surface area contributed by atoms with Crippen LogP contribution < -0.4 is 5.32 Å². The summed E-state index contributed by atoms with van der Waals surface area (Å²) in [5.74, 6) is 0.143. The molecule has 0 aromatic heterocycles. The van der Waals surface area contributed by atoms with Crippen molar-refractivity contribution in [1.29, 1.82) is 0 Å². The third-order valence-electron chi connectivity index (χ3n) is 4.62. The van der Waals surface area contributed by atoms with Gasteiger partial charge in [0.25, 0.3) is 0 Å². The molecule has 0 aromatic carbocycles. The van der Waals surface area contributed by atoms with Crippen molar-refractivity contribution >= 4 is 11.8 Å². The van der Waals surface area contributed by atoms with Gasteiger partial charge >= 0.3 is 0 Å². The van der Waals surface area contributed by atoms with E-state index in [2.05, 4.69) is 12.2 Å². The first-order valence-electron chi connectivity index (χ1n) is 8.29. The second kappa shape index (κ2) is 7.65. The van der Waals surface area contributed by atoms with Crippen molar-refractivity contribution in [2.75, 3.05) is 13.1 Å². The molecule has 20 heavy (non-hydrogen) atoms. The molecule has 4 nitrogen and oxygen atoms in total. The molecule has 114 valence electrons. The maximum Gasteiger partial charge on any atom is 0.225 e. The van der Waals surface area contributed by atoms with Crippen LogP contribution in [0.1, 0.15) is 64.7 Å². The van der Waals surface area contributed by atoms with Gasteiger partial charge in [0.1, 0.15) is 0 Å². The Morgan fingerprint density at radius 3 is 2.70 bits per heavy atom. The standard InChI is InChI=1S/C16H28N2O2/c1-2-3-7-10-17-16(20)13-11-15(19)18(12-13)14-8-5-4-6-9-14/h13-14H,2-12H2,1H3,(H,17,20). The fraction of sp³-hybridized carbons (Fsp3) is 0.875. The summed E-state index contributed by atoms with van der Waals surface area (Å²) in [5.41, 5.74) is 0. The number of unbranched alkanes of at least 4 members (excludes halogenated alkanes) is 2. The van der Waals surface area contributed by atoms with Crippen molar-refractivity contribution in [2.45, 2.75) is 70.8 Å². The van der Waals surface area contributed by atoms with Crippen LogP contribution in [-0.2, 0) is 9.59 Å². The topological polar surface area (TPSA) is 49.4 Å². The zero-order chi connectivity index (χ0) is 14.4. The maximum atomic E-state index is 12.1. The van der Waals surface area contributed by atoms with Gasteiger partial charge in [-0.15, -0.1) is 0 Å². The summed E-state index contributed by atoms with van der Waals surface area (Å²) in [5, 5.41) is 2.99. The lowest BCUT2D eigenvalue weighted by atomic mass is 9.94. The SMILES string of the molecule is CCCCCNC(=O)C1CC(=O)N(C2CCCCC2)C1. The van der Waals surface area contributed by atoms with E-state index in [4.69, 9.17) is 0 Å². The third kappa shape index (κ3) is 3.97. The monoisotopic (exact) mass is 280 g/mol. The van der Waals surface area contributed by atoms with Crippen LogP contribution >= 0.6 is 0 Å². The fourth-order valence-corrected chi connectivity index (χ4v) is 3.38. The van der Waals surface area contributed by atoms with E-state index >= 15 is 0 Å². The van der Waals surface area contributed by atoms with Gasteiger partial charge in [-0.05, 0) is 19.3 Å². The highest BCUT2D eigenvalue weighted by atomic mass is 16.2. The van der Waals surface area contributed by atoms with Crippen molar-refractivity contribution in [3.63, 3.8) is 0 Å². The number of nitrogens with zero attached hydrogens (tertiary/aromatic N) is 1. The first kappa shape index (κ1) is 15.3. The Bertz CT molecular complexity index is 337. The zero-order valence-corrected chi connectivity index (χ0v) is 12.7. The fourth-order valence-electron chi connectivity index (χ4n) is 3.38. The predicted octanol–water partition coefficient (Wildman–Crippen LogP) is 2.47. The minimum Gasteiger partial charge on any atom is -0.356 e. The molecule has 0 radical (unpaired) electrons. The molecule has 0 bridgehead atoms. The first-order chi connectivity index (χ1) is 9.72. The number of hydrogen-bond acceptors (Lipinski definition) is 2. The Morgan fingerprint density at radius 2 is 2.00 bits per heavy atom. The van der Waals surface area contributed by atoms with E-state index in [1.165, 1.54) is 19.3 Å². The van der Waals surface area contributed by atoms with Crippen molar-refractivity contribution < 1.29 is 9.59 Å². The summed E-state index contributed by atoms with van der Waals surface area (Å²) >= 11 is 0. The van der Waals surface area contributed by atoms with Crippen LogP contribution in [0.2, 0.25) is 0 Å². The Morgan fingerprint density at radius 1 is 1.25 bits per heavy atom. The Hall–Kier alpha value is -1.06. The molecule has 1 heterocycles. The van der Waals surface area contributed by atoms with Crippen LogP contribution in [0.3, 0.4) is 0 Å². The predicted molar refractivity (Wildman–Crippen MR) is 79.2 cm³/mol. The summed E-state index contributed by atoms with van der Waals surface area (Å²) in [7, 11) is 0. The molecule has 0 spiro atoms. The highest BCUT2D eigenvalue weighted by Gasteiger charge is 2.37. The Kier molecular flexibility index (Phi) is 5.86. The summed E-state index contributed by atoms with van der Waals surface area (Å²) in [4.78, 5) is 26.2. The molecule has 1 aliphatic carbocycles. The van der Waals surface area contributed by atoms with E-state index in [1.807, 2.05) is 4.90 Å². The van der Waals surface area contributed by atoms with Crippen LogP contribution in [0.5, 0.6) is 0 Å². The number of carbonyl (C=O) groups excluding carboxylic acids is 2. The number of likely N-dealkylation sites (tertiary alicyclic amines) is 1. The normalized spacial score (nSPS) is 24.1. The molecule has 2 aliphatic rings. The first-order valence-corrected chi connectivity index (χ1v) is 8.29. The molecule has 1 saturated carbocycles. The van der Waals surface area contributed by atoms with E-state index in [-0.39, 0.29) is 17.7 Å². The van der Waals surface area contributed by atoms with E-state index in [0.717, 1.165) is 38.6 Å². The van der Waals surface area contributed by atoms with Gasteiger partial charge in [-0.3, -0.25) is 9.59 Å². The van der Waals surface area contributed by atoms with Gasteiger partial charge in [0.2, 0.25) is 11.8 Å². The van der Waals surface area contributed by atoms with Crippen LogP contribution in [0, 0.1) is 5.92 Å². The highest BCUT2D eigenvalue weighted by molar-refractivity contribution is 5.89. The molecule has 1 aliphatic heterocycles. The van der Waals surface area contributed by atoms with Gasteiger partial charge in [0.15, 0.2) is 0 Å². The molecular weight excluding hydrogens is 252 g/mol. The molecule has 4 heteroatoms. The minimum atomic E-state index is -0.119.